The molecule has 4 N–H and O–H groups in total. The van der Waals surface area contributed by atoms with Gasteiger partial charge in [0.2, 0.25) is 0 Å². The Morgan fingerprint density at radius 1 is 1.33 bits per heavy atom. The van der Waals surface area contributed by atoms with E-state index in [4.69, 9.17) is 15.6 Å². The van der Waals surface area contributed by atoms with E-state index in [9.17, 15) is 0 Å². The summed E-state index contributed by atoms with van der Waals surface area (Å²) in [6, 6.07) is 6.49. The minimum absolute atomic E-state index is 0.211. The molecule has 0 unspecified atom stereocenters. The smallest absolute Gasteiger partial charge is 0.132 e. The summed E-state index contributed by atoms with van der Waals surface area (Å²) in [4.78, 5) is 0. The van der Waals surface area contributed by atoms with Crippen molar-refractivity contribution in [3.05, 3.63) is 36.2 Å². The lowest BCUT2D eigenvalue weighted by atomic mass is 10.3. The molecule has 1 aromatic heterocycles. The number of phenols is 1. The molecular weight excluding hydrogens is 194 g/mol. The summed E-state index contributed by atoms with van der Waals surface area (Å²) >= 11 is 0. The highest BCUT2D eigenvalue weighted by molar-refractivity contribution is 5.39. The van der Waals surface area contributed by atoms with Crippen LogP contribution in [0, 0.1) is 0 Å². The number of benzene rings is 1. The van der Waals surface area contributed by atoms with E-state index in [1.54, 1.807) is 24.3 Å². The van der Waals surface area contributed by atoms with Crippen LogP contribution >= 0.6 is 0 Å². The molecule has 0 radical (unpaired) electrons. The van der Waals surface area contributed by atoms with Gasteiger partial charge in [-0.3, -0.25) is 5.10 Å². The Hall–Kier alpha value is -2.17. The number of nitrogen functional groups attached to an aromatic ring is 1. The number of nitrogens with one attached hydrogen (secondary N) is 1. The van der Waals surface area contributed by atoms with Gasteiger partial charge in [-0.1, -0.05) is 0 Å². The number of aromatic nitrogens is 2. The van der Waals surface area contributed by atoms with Crippen molar-refractivity contribution in [2.45, 2.75) is 6.61 Å². The maximum Gasteiger partial charge on any atom is 0.132 e. The number of rotatable bonds is 3. The number of H-pyrrole nitrogens is 1. The van der Waals surface area contributed by atoms with Gasteiger partial charge in [-0.15, -0.1) is 0 Å². The van der Waals surface area contributed by atoms with Crippen LogP contribution in [0.4, 0.5) is 5.69 Å². The third-order valence-corrected chi connectivity index (χ3v) is 1.97. The summed E-state index contributed by atoms with van der Waals surface area (Å²) < 4.78 is 5.42. The van der Waals surface area contributed by atoms with Gasteiger partial charge in [0.05, 0.1) is 17.6 Å². The molecule has 2 rings (SSSR count). The highest BCUT2D eigenvalue weighted by Crippen LogP contribution is 2.17. The van der Waals surface area contributed by atoms with Gasteiger partial charge >= 0.3 is 0 Å². The van der Waals surface area contributed by atoms with Gasteiger partial charge in [0.1, 0.15) is 18.1 Å². The monoisotopic (exact) mass is 205 g/mol. The Balaban J connectivity index is 1.99. The lowest BCUT2D eigenvalue weighted by molar-refractivity contribution is 0.301. The predicted molar refractivity (Wildman–Crippen MR) is 55.4 cm³/mol. The number of hydrogen-bond donors (Lipinski definition) is 3. The molecule has 0 aliphatic carbocycles. The number of nitrogens with zero attached hydrogens (tertiary/aromatic N) is 1. The molecule has 0 aliphatic rings. The van der Waals surface area contributed by atoms with Crippen LogP contribution in [0.15, 0.2) is 30.5 Å². The first-order chi connectivity index (χ1) is 7.25. The Morgan fingerprint density at radius 3 is 2.67 bits per heavy atom. The topological polar surface area (TPSA) is 84.2 Å². The van der Waals surface area contributed by atoms with Crippen molar-refractivity contribution in [1.82, 2.24) is 10.2 Å². The summed E-state index contributed by atoms with van der Waals surface area (Å²) in [5, 5.41) is 15.6. The van der Waals surface area contributed by atoms with E-state index in [1.165, 1.54) is 6.20 Å². The number of anilines is 1. The second kappa shape index (κ2) is 3.91. The Labute approximate surface area is 86.5 Å². The van der Waals surface area contributed by atoms with Crippen molar-refractivity contribution in [2.75, 3.05) is 5.73 Å². The minimum Gasteiger partial charge on any atom is -0.508 e. The van der Waals surface area contributed by atoms with Crippen LogP contribution in [0.3, 0.4) is 0 Å². The van der Waals surface area contributed by atoms with E-state index in [-0.39, 0.29) is 5.75 Å². The normalized spacial score (nSPS) is 10.1. The van der Waals surface area contributed by atoms with E-state index in [0.717, 1.165) is 5.69 Å². The molecule has 0 spiro atoms. The zero-order chi connectivity index (χ0) is 10.7. The standard InChI is InChI=1S/C10H11N3O2/c11-9-5-12-13-10(9)6-15-8-3-1-7(14)2-4-8/h1-5,14H,6,11H2,(H,12,13). The van der Waals surface area contributed by atoms with Crippen molar-refractivity contribution in [1.29, 1.82) is 0 Å². The van der Waals surface area contributed by atoms with Crippen molar-refractivity contribution in [2.24, 2.45) is 0 Å². The summed E-state index contributed by atoms with van der Waals surface area (Å²) in [5.41, 5.74) is 6.93. The maximum atomic E-state index is 9.06. The molecule has 0 bridgehead atoms. The molecule has 0 aliphatic heterocycles. The molecular formula is C10H11N3O2. The number of nitrogens with two attached hydrogens (primary N) is 1. The molecule has 0 saturated heterocycles. The first-order valence-electron chi connectivity index (χ1n) is 4.45. The van der Waals surface area contributed by atoms with Crippen LogP contribution in [0.25, 0.3) is 0 Å². The van der Waals surface area contributed by atoms with Crippen molar-refractivity contribution in [3.8, 4) is 11.5 Å². The van der Waals surface area contributed by atoms with Crippen LogP contribution in [-0.4, -0.2) is 15.3 Å². The average molecular weight is 205 g/mol. The van der Waals surface area contributed by atoms with Crippen molar-refractivity contribution >= 4 is 5.69 Å². The van der Waals surface area contributed by atoms with Gasteiger partial charge in [0.25, 0.3) is 0 Å². The maximum absolute atomic E-state index is 9.06. The SMILES string of the molecule is Nc1cn[nH]c1COc1ccc(O)cc1. The third-order valence-electron chi connectivity index (χ3n) is 1.97. The van der Waals surface area contributed by atoms with Gasteiger partial charge in [-0.25, -0.2) is 0 Å². The van der Waals surface area contributed by atoms with Crippen LogP contribution in [0.2, 0.25) is 0 Å². The van der Waals surface area contributed by atoms with Crippen molar-refractivity contribution < 1.29 is 9.84 Å². The van der Waals surface area contributed by atoms with E-state index in [1.807, 2.05) is 0 Å². The molecule has 78 valence electrons. The molecule has 0 fully saturated rings. The van der Waals surface area contributed by atoms with E-state index in [0.29, 0.717) is 18.0 Å². The summed E-state index contributed by atoms with van der Waals surface area (Å²) in [6.45, 7) is 0.330. The predicted octanol–water partition coefficient (Wildman–Crippen LogP) is 1.28. The molecule has 15 heavy (non-hydrogen) atoms. The lowest BCUT2D eigenvalue weighted by Gasteiger charge is -2.04. The van der Waals surface area contributed by atoms with Gasteiger partial charge in [-0.05, 0) is 24.3 Å². The Kier molecular flexibility index (Phi) is 2.45. The summed E-state index contributed by atoms with van der Waals surface area (Å²) in [6.07, 6.45) is 1.54. The fraction of sp³-hybridized carbons (Fsp3) is 0.100. The molecule has 5 nitrogen and oxygen atoms in total. The van der Waals surface area contributed by atoms with Gasteiger partial charge < -0.3 is 15.6 Å². The highest BCUT2D eigenvalue weighted by Gasteiger charge is 2.01. The zero-order valence-electron chi connectivity index (χ0n) is 7.97. The second-order valence-corrected chi connectivity index (χ2v) is 3.09. The third kappa shape index (κ3) is 2.19. The van der Waals surface area contributed by atoms with E-state index < -0.39 is 0 Å². The molecule has 2 aromatic rings. The van der Waals surface area contributed by atoms with Crippen LogP contribution in [-0.2, 0) is 6.61 Å². The van der Waals surface area contributed by atoms with Crippen LogP contribution < -0.4 is 10.5 Å². The summed E-state index contributed by atoms with van der Waals surface area (Å²) in [5.74, 6) is 0.880. The minimum atomic E-state index is 0.211. The Morgan fingerprint density at radius 2 is 2.07 bits per heavy atom. The van der Waals surface area contributed by atoms with Crippen molar-refractivity contribution in [3.63, 3.8) is 0 Å². The van der Waals surface area contributed by atoms with E-state index >= 15 is 0 Å². The molecule has 1 heterocycles. The average Bonchev–Trinajstić information content (AvgIpc) is 2.63. The second-order valence-electron chi connectivity index (χ2n) is 3.09. The molecule has 0 amide bonds. The molecule has 0 atom stereocenters. The largest absolute Gasteiger partial charge is 0.508 e. The number of hydrogen-bond acceptors (Lipinski definition) is 4. The molecule has 0 saturated carbocycles. The number of phenolic OH excluding ortho intramolecular Hbond substituents is 1. The van der Waals surface area contributed by atoms with Crippen LogP contribution in [0.5, 0.6) is 11.5 Å². The number of aromatic amines is 1. The quantitative estimate of drug-likeness (QED) is 0.704. The highest BCUT2D eigenvalue weighted by atomic mass is 16.5. The molecule has 1 aromatic carbocycles. The fourth-order valence-corrected chi connectivity index (χ4v) is 1.14. The molecule has 5 heteroatoms. The first-order valence-corrected chi connectivity index (χ1v) is 4.45. The summed E-state index contributed by atoms with van der Waals surface area (Å²) in [7, 11) is 0. The number of ether oxygens (including phenoxy) is 1. The van der Waals surface area contributed by atoms with Crippen LogP contribution in [0.1, 0.15) is 5.69 Å². The number of aromatic hydroxyl groups is 1. The van der Waals surface area contributed by atoms with Gasteiger partial charge in [0.15, 0.2) is 0 Å². The fourth-order valence-electron chi connectivity index (χ4n) is 1.14. The Bertz CT molecular complexity index is 436. The zero-order valence-corrected chi connectivity index (χ0v) is 7.97. The van der Waals surface area contributed by atoms with Gasteiger partial charge in [-0.2, -0.15) is 5.10 Å². The van der Waals surface area contributed by atoms with Gasteiger partial charge in [0, 0.05) is 0 Å². The van der Waals surface area contributed by atoms with E-state index in [2.05, 4.69) is 10.2 Å². The lowest BCUT2D eigenvalue weighted by Crippen LogP contribution is -1.99. The first kappa shape index (κ1) is 9.39.